The second-order valence-electron chi connectivity index (χ2n) is 5.02. The predicted molar refractivity (Wildman–Crippen MR) is 79.1 cm³/mol. The van der Waals surface area contributed by atoms with Gasteiger partial charge in [-0.05, 0) is 13.0 Å². The lowest BCUT2D eigenvalue weighted by molar-refractivity contribution is -0.00452. The minimum Gasteiger partial charge on any atom is -0.377 e. The monoisotopic (exact) mass is 293 g/mol. The average Bonchev–Trinajstić information content (AvgIpc) is 2.38. The summed E-state index contributed by atoms with van der Waals surface area (Å²) >= 11 is 6.15. The van der Waals surface area contributed by atoms with E-state index in [1.165, 1.54) is 0 Å². The van der Waals surface area contributed by atoms with Crippen LogP contribution in [0, 0.1) is 5.41 Å². The highest BCUT2D eigenvalue weighted by Crippen LogP contribution is 2.33. The first-order valence-corrected chi connectivity index (χ1v) is 6.85. The van der Waals surface area contributed by atoms with Crippen molar-refractivity contribution in [3.8, 4) is 0 Å². The van der Waals surface area contributed by atoms with E-state index in [4.69, 9.17) is 21.7 Å². The number of ether oxygens (including phenoxy) is 1. The maximum atomic E-state index is 8.35. The summed E-state index contributed by atoms with van der Waals surface area (Å²) in [6.07, 6.45) is 1.62. The van der Waals surface area contributed by atoms with Gasteiger partial charge in [0.15, 0.2) is 5.15 Å². The third-order valence-electron chi connectivity index (χ3n) is 3.74. The highest BCUT2D eigenvalue weighted by Gasteiger charge is 2.32. The Kier molecular flexibility index (Phi) is 3.35. The fourth-order valence-electron chi connectivity index (χ4n) is 2.31. The summed E-state index contributed by atoms with van der Waals surface area (Å²) in [6.45, 7) is 3.33. The van der Waals surface area contributed by atoms with Crippen molar-refractivity contribution in [1.82, 2.24) is 10.4 Å². The van der Waals surface area contributed by atoms with Gasteiger partial charge in [-0.25, -0.2) is 4.98 Å². The minimum absolute atomic E-state index is 0.0369. The largest absolute Gasteiger partial charge is 0.377 e. The smallest absolute Gasteiger partial charge is 0.152 e. The van der Waals surface area contributed by atoms with Crippen LogP contribution in [0.25, 0.3) is 0 Å². The number of aromatic nitrogens is 1. The minimum atomic E-state index is -0.0369. The van der Waals surface area contributed by atoms with Crippen molar-refractivity contribution in [2.24, 2.45) is 5.10 Å². The third kappa shape index (κ3) is 2.05. The van der Waals surface area contributed by atoms with E-state index in [2.05, 4.69) is 15.5 Å². The second kappa shape index (κ2) is 5.03. The molecule has 0 amide bonds. The van der Waals surface area contributed by atoms with Crippen LogP contribution in [0.15, 0.2) is 17.4 Å². The normalized spacial score (nSPS) is 24.6. The summed E-state index contributed by atoms with van der Waals surface area (Å²) in [4.78, 5) is 6.09. The Morgan fingerprint density at radius 3 is 2.95 bits per heavy atom. The zero-order chi connectivity index (χ0) is 14.3. The van der Waals surface area contributed by atoms with Crippen LogP contribution in [0.3, 0.4) is 0 Å². The fraction of sp³-hybridized carbons (Fsp3) is 0.462. The molecule has 7 heteroatoms. The molecular formula is C13H16ClN5O. The van der Waals surface area contributed by atoms with Gasteiger partial charge in [-0.3, -0.25) is 5.41 Å². The molecule has 1 fully saturated rings. The van der Waals surface area contributed by atoms with Gasteiger partial charge in [-0.15, -0.1) is 0 Å². The van der Waals surface area contributed by atoms with Crippen LogP contribution in [-0.4, -0.2) is 48.8 Å². The first-order valence-electron chi connectivity index (χ1n) is 6.47. The van der Waals surface area contributed by atoms with Crippen LogP contribution in [0.1, 0.15) is 12.5 Å². The number of pyridine rings is 1. The molecule has 106 valence electrons. The van der Waals surface area contributed by atoms with Gasteiger partial charge in [0, 0.05) is 18.8 Å². The number of fused-ring (bicyclic) bond motifs is 1. The van der Waals surface area contributed by atoms with Gasteiger partial charge >= 0.3 is 0 Å². The number of anilines is 1. The van der Waals surface area contributed by atoms with Gasteiger partial charge < -0.3 is 15.1 Å². The molecule has 0 aromatic carbocycles. The molecule has 1 atom stereocenters. The zero-order valence-electron chi connectivity index (χ0n) is 11.4. The van der Waals surface area contributed by atoms with E-state index in [1.54, 1.807) is 12.3 Å². The molecule has 0 aliphatic carbocycles. The number of nitrogens with one attached hydrogen (secondary N) is 2. The van der Waals surface area contributed by atoms with Crippen molar-refractivity contribution in [2.45, 2.75) is 19.0 Å². The summed E-state index contributed by atoms with van der Waals surface area (Å²) in [5.41, 5.74) is 5.71. The quantitative estimate of drug-likeness (QED) is 0.636. The number of hydrogen-bond acceptors (Lipinski definition) is 6. The Bertz CT molecular complexity index is 584. The lowest BCUT2D eigenvalue weighted by Crippen LogP contribution is -2.49. The Morgan fingerprint density at radius 1 is 1.55 bits per heavy atom. The molecule has 3 rings (SSSR count). The van der Waals surface area contributed by atoms with Crippen molar-refractivity contribution in [3.05, 3.63) is 23.0 Å². The molecule has 1 aromatic heterocycles. The van der Waals surface area contributed by atoms with Crippen LogP contribution in [-0.2, 0) is 4.74 Å². The van der Waals surface area contributed by atoms with Gasteiger partial charge in [0.1, 0.15) is 5.71 Å². The zero-order valence-corrected chi connectivity index (χ0v) is 12.1. The lowest BCUT2D eigenvalue weighted by atomic mass is 9.94. The van der Waals surface area contributed by atoms with E-state index in [-0.39, 0.29) is 12.1 Å². The molecule has 1 unspecified atom stereocenters. The van der Waals surface area contributed by atoms with E-state index in [9.17, 15) is 0 Å². The Balaban J connectivity index is 1.96. The van der Waals surface area contributed by atoms with Crippen molar-refractivity contribution in [2.75, 3.05) is 25.2 Å². The lowest BCUT2D eigenvalue weighted by Gasteiger charge is -2.35. The number of halogens is 1. The fourth-order valence-corrected chi connectivity index (χ4v) is 2.60. The first-order chi connectivity index (χ1) is 9.59. The molecule has 2 N–H and O–H groups in total. The highest BCUT2D eigenvalue weighted by atomic mass is 35.5. The van der Waals surface area contributed by atoms with Crippen LogP contribution < -0.4 is 10.3 Å². The Labute approximate surface area is 122 Å². The van der Waals surface area contributed by atoms with Crippen molar-refractivity contribution in [3.63, 3.8) is 0 Å². The van der Waals surface area contributed by atoms with Crippen molar-refractivity contribution < 1.29 is 4.74 Å². The third-order valence-corrected chi connectivity index (χ3v) is 4.02. The van der Waals surface area contributed by atoms with Crippen molar-refractivity contribution in [1.29, 1.82) is 5.41 Å². The topological polar surface area (TPSA) is 73.6 Å². The van der Waals surface area contributed by atoms with Crippen molar-refractivity contribution >= 4 is 28.7 Å². The molecule has 20 heavy (non-hydrogen) atoms. The maximum absolute atomic E-state index is 8.35. The van der Waals surface area contributed by atoms with E-state index in [0.29, 0.717) is 29.8 Å². The highest BCUT2D eigenvalue weighted by molar-refractivity contribution is 6.52. The molecule has 0 saturated carbocycles. The summed E-state index contributed by atoms with van der Waals surface area (Å²) in [6, 6.07) is 2.01. The van der Waals surface area contributed by atoms with Crippen LogP contribution in [0.5, 0.6) is 0 Å². The van der Waals surface area contributed by atoms with E-state index in [1.807, 2.05) is 18.9 Å². The number of rotatable bonds is 2. The standard InChI is InChI=1S/C13H16ClN5O/c1-7-11(18-17-8-5-20-6-8)10(15)9-3-4-16-13(14)12(9)19(7)2/h3-4,7-8,15,17H,5-6H2,1-2H3/b15-10?,18-11-. The molecule has 3 heterocycles. The van der Waals surface area contributed by atoms with E-state index >= 15 is 0 Å². The number of nitrogens with zero attached hydrogens (tertiary/aromatic N) is 3. The SMILES string of the molecule is CC1/C(=N/NC2COC2)C(=N)c2ccnc(Cl)c2N1C. The average molecular weight is 294 g/mol. The summed E-state index contributed by atoms with van der Waals surface area (Å²) in [5.74, 6) is 0. The summed E-state index contributed by atoms with van der Waals surface area (Å²) < 4.78 is 5.10. The van der Waals surface area contributed by atoms with E-state index in [0.717, 1.165) is 11.3 Å². The van der Waals surface area contributed by atoms with Gasteiger partial charge in [-0.2, -0.15) is 5.10 Å². The molecule has 1 aromatic rings. The predicted octanol–water partition coefficient (Wildman–Crippen LogP) is 1.29. The Morgan fingerprint density at radius 2 is 2.30 bits per heavy atom. The first kappa shape index (κ1) is 13.3. The molecule has 0 spiro atoms. The number of hydrogen-bond donors (Lipinski definition) is 2. The van der Waals surface area contributed by atoms with Gasteiger partial charge in [0.05, 0.1) is 36.7 Å². The van der Waals surface area contributed by atoms with Crippen LogP contribution in [0.4, 0.5) is 5.69 Å². The molecule has 0 radical (unpaired) electrons. The molecule has 1 saturated heterocycles. The molecule has 2 aliphatic rings. The van der Waals surface area contributed by atoms with E-state index < -0.39 is 0 Å². The maximum Gasteiger partial charge on any atom is 0.152 e. The Hall–Kier alpha value is -1.66. The molecular weight excluding hydrogens is 278 g/mol. The number of hydrazone groups is 1. The van der Waals surface area contributed by atoms with Gasteiger partial charge in [-0.1, -0.05) is 11.6 Å². The van der Waals surface area contributed by atoms with Gasteiger partial charge in [0.25, 0.3) is 0 Å². The van der Waals surface area contributed by atoms with Crippen LogP contribution >= 0.6 is 11.6 Å². The van der Waals surface area contributed by atoms with Gasteiger partial charge in [0.2, 0.25) is 0 Å². The van der Waals surface area contributed by atoms with Crippen LogP contribution in [0.2, 0.25) is 5.15 Å². The summed E-state index contributed by atoms with van der Waals surface area (Å²) in [7, 11) is 1.94. The second-order valence-corrected chi connectivity index (χ2v) is 5.38. The molecule has 6 nitrogen and oxygen atoms in total. The molecule has 2 aliphatic heterocycles. The molecule has 0 bridgehead atoms. The summed E-state index contributed by atoms with van der Waals surface area (Å²) in [5, 5.41) is 13.2.